The van der Waals surface area contributed by atoms with Crippen LogP contribution in [-0.2, 0) is 21.2 Å². The van der Waals surface area contributed by atoms with Gasteiger partial charge in [0.25, 0.3) is 10.0 Å². The average Bonchev–Trinajstić information content (AvgIpc) is 2.84. The van der Waals surface area contributed by atoms with Crippen LogP contribution in [-0.4, -0.2) is 42.8 Å². The zero-order chi connectivity index (χ0) is 24.7. The topological polar surface area (TPSA) is 112 Å². The minimum Gasteiger partial charge on any atom is -0.497 e. The summed E-state index contributed by atoms with van der Waals surface area (Å²) in [6.07, 6.45) is -0.00718. The van der Waals surface area contributed by atoms with Crippen LogP contribution in [0.15, 0.2) is 65.6 Å². The van der Waals surface area contributed by atoms with Crippen molar-refractivity contribution >= 4 is 27.3 Å². The molecule has 180 valence electrons. The Morgan fingerprint density at radius 3 is 2.12 bits per heavy atom. The van der Waals surface area contributed by atoms with Gasteiger partial charge in [-0.15, -0.1) is 0 Å². The largest absolute Gasteiger partial charge is 0.497 e. The maximum Gasteiger partial charge on any atom is 0.262 e. The minimum atomic E-state index is -3.98. The van der Waals surface area contributed by atoms with Crippen LogP contribution < -0.4 is 29.0 Å². The van der Waals surface area contributed by atoms with Gasteiger partial charge in [0, 0.05) is 11.6 Å². The van der Waals surface area contributed by atoms with Gasteiger partial charge >= 0.3 is 0 Å². The Kier molecular flexibility index (Phi) is 7.85. The van der Waals surface area contributed by atoms with Gasteiger partial charge in [0.15, 0.2) is 0 Å². The summed E-state index contributed by atoms with van der Waals surface area (Å²) in [7, 11) is 1.94. The van der Waals surface area contributed by atoms with E-state index in [-0.39, 0.29) is 28.6 Å². The number of sulfonamides is 1. The van der Waals surface area contributed by atoms with Gasteiger partial charge in [-0.3, -0.25) is 9.52 Å². The summed E-state index contributed by atoms with van der Waals surface area (Å²) in [6, 6.07) is 16.0. The molecule has 0 saturated carbocycles. The SMILES string of the molecule is COc1ccc(CC(=O)Nc2cc(S(=O)(=O)Nc3ccccc3OC)ccc2OC)c(OC)c1. The van der Waals surface area contributed by atoms with Crippen LogP contribution in [0.4, 0.5) is 11.4 Å². The van der Waals surface area contributed by atoms with E-state index < -0.39 is 10.0 Å². The fourth-order valence-electron chi connectivity index (χ4n) is 3.25. The number of hydrogen-bond donors (Lipinski definition) is 2. The number of nitrogens with one attached hydrogen (secondary N) is 2. The van der Waals surface area contributed by atoms with Crippen LogP contribution in [0.2, 0.25) is 0 Å². The normalized spacial score (nSPS) is 10.8. The number of carbonyl (C=O) groups excluding carboxylic acids is 1. The molecule has 0 fully saturated rings. The van der Waals surface area contributed by atoms with E-state index in [2.05, 4.69) is 10.0 Å². The summed E-state index contributed by atoms with van der Waals surface area (Å²) in [6.45, 7) is 0. The van der Waals surface area contributed by atoms with Gasteiger partial charge in [0.05, 0.1) is 51.1 Å². The van der Waals surface area contributed by atoms with Crippen molar-refractivity contribution in [3.8, 4) is 23.0 Å². The van der Waals surface area contributed by atoms with Gasteiger partial charge < -0.3 is 24.3 Å². The second-order valence-corrected chi connectivity index (χ2v) is 8.75. The molecule has 3 rings (SSSR count). The summed E-state index contributed by atoms with van der Waals surface area (Å²) in [5, 5.41) is 2.72. The van der Waals surface area contributed by atoms with Crippen molar-refractivity contribution in [2.24, 2.45) is 0 Å². The molecule has 0 saturated heterocycles. The van der Waals surface area contributed by atoms with Gasteiger partial charge in [0.1, 0.15) is 23.0 Å². The minimum absolute atomic E-state index is 0.00718. The molecular formula is C24H26N2O7S. The molecule has 0 aliphatic rings. The highest BCUT2D eigenvalue weighted by atomic mass is 32.2. The first-order valence-electron chi connectivity index (χ1n) is 10.2. The Hall–Kier alpha value is -3.92. The van der Waals surface area contributed by atoms with Gasteiger partial charge in [-0.25, -0.2) is 8.42 Å². The van der Waals surface area contributed by atoms with Gasteiger partial charge in [-0.1, -0.05) is 18.2 Å². The monoisotopic (exact) mass is 486 g/mol. The Balaban J connectivity index is 1.84. The first kappa shape index (κ1) is 24.7. The fourth-order valence-corrected chi connectivity index (χ4v) is 4.35. The molecule has 3 aromatic carbocycles. The molecule has 1 amide bonds. The second-order valence-electron chi connectivity index (χ2n) is 7.07. The van der Waals surface area contributed by atoms with E-state index in [4.69, 9.17) is 18.9 Å². The zero-order valence-electron chi connectivity index (χ0n) is 19.2. The van der Waals surface area contributed by atoms with Crippen molar-refractivity contribution in [3.05, 3.63) is 66.2 Å². The number of anilines is 2. The molecule has 9 nitrogen and oxygen atoms in total. The van der Waals surface area contributed by atoms with Crippen molar-refractivity contribution in [2.75, 3.05) is 38.5 Å². The highest BCUT2D eigenvalue weighted by Gasteiger charge is 2.20. The molecule has 10 heteroatoms. The molecule has 3 aromatic rings. The standard InChI is InChI=1S/C24H26N2O7S/c1-30-17-10-9-16(23(14-17)33-4)13-24(27)25-20-15-18(11-12-22(20)32-3)34(28,29)26-19-7-5-6-8-21(19)31-2/h5-12,14-15,26H,13H2,1-4H3,(H,25,27). The number of rotatable bonds is 10. The first-order chi connectivity index (χ1) is 16.3. The predicted molar refractivity (Wildman–Crippen MR) is 129 cm³/mol. The van der Waals surface area contributed by atoms with E-state index >= 15 is 0 Å². The molecule has 0 aliphatic heterocycles. The third-order valence-electron chi connectivity index (χ3n) is 4.95. The Labute approximate surface area is 198 Å². The fraction of sp³-hybridized carbons (Fsp3) is 0.208. The number of ether oxygens (including phenoxy) is 4. The van der Waals surface area contributed by atoms with Crippen molar-refractivity contribution in [2.45, 2.75) is 11.3 Å². The molecule has 0 unspecified atom stereocenters. The summed E-state index contributed by atoms with van der Waals surface area (Å²) in [5.74, 6) is 1.41. The van der Waals surface area contributed by atoms with E-state index in [1.165, 1.54) is 46.6 Å². The van der Waals surface area contributed by atoms with Gasteiger partial charge in [0.2, 0.25) is 5.91 Å². The molecule has 0 bridgehead atoms. The van der Waals surface area contributed by atoms with Crippen molar-refractivity contribution < 1.29 is 32.2 Å². The third kappa shape index (κ3) is 5.70. The van der Waals surface area contributed by atoms with Crippen LogP contribution in [0.5, 0.6) is 23.0 Å². The van der Waals surface area contributed by atoms with Crippen molar-refractivity contribution in [1.82, 2.24) is 0 Å². The van der Waals surface area contributed by atoms with E-state index in [1.807, 2.05) is 0 Å². The first-order valence-corrected chi connectivity index (χ1v) is 11.6. The lowest BCUT2D eigenvalue weighted by molar-refractivity contribution is -0.115. The Morgan fingerprint density at radius 1 is 0.765 bits per heavy atom. The molecule has 0 heterocycles. The molecule has 0 aliphatic carbocycles. The molecule has 0 aromatic heterocycles. The van der Waals surface area contributed by atoms with Crippen molar-refractivity contribution in [3.63, 3.8) is 0 Å². The maximum atomic E-state index is 13.0. The summed E-state index contributed by atoms with van der Waals surface area (Å²) in [5.41, 5.74) is 1.14. The Bertz CT molecular complexity index is 1280. The number of carbonyl (C=O) groups is 1. The summed E-state index contributed by atoms with van der Waals surface area (Å²) < 4.78 is 49.5. The maximum absolute atomic E-state index is 13.0. The lowest BCUT2D eigenvalue weighted by Crippen LogP contribution is -2.17. The van der Waals surface area contributed by atoms with Gasteiger partial charge in [-0.2, -0.15) is 0 Å². The van der Waals surface area contributed by atoms with Crippen LogP contribution in [0.3, 0.4) is 0 Å². The second kappa shape index (κ2) is 10.8. The summed E-state index contributed by atoms with van der Waals surface area (Å²) >= 11 is 0. The predicted octanol–water partition coefficient (Wildman–Crippen LogP) is 3.70. The van der Waals surface area contributed by atoms with Gasteiger partial charge in [-0.05, 0) is 36.4 Å². The highest BCUT2D eigenvalue weighted by molar-refractivity contribution is 7.92. The van der Waals surface area contributed by atoms with Crippen LogP contribution in [0, 0.1) is 0 Å². The lowest BCUT2D eigenvalue weighted by atomic mass is 10.1. The smallest absolute Gasteiger partial charge is 0.262 e. The molecule has 0 radical (unpaired) electrons. The highest BCUT2D eigenvalue weighted by Crippen LogP contribution is 2.31. The van der Waals surface area contributed by atoms with E-state index in [0.717, 1.165) is 0 Å². The molecule has 0 atom stereocenters. The Morgan fingerprint density at radius 2 is 1.44 bits per heavy atom. The van der Waals surface area contributed by atoms with Crippen LogP contribution in [0.25, 0.3) is 0 Å². The molecule has 0 spiro atoms. The quantitative estimate of drug-likeness (QED) is 0.449. The summed E-state index contributed by atoms with van der Waals surface area (Å²) in [4.78, 5) is 12.7. The third-order valence-corrected chi connectivity index (χ3v) is 6.32. The molecular weight excluding hydrogens is 460 g/mol. The average molecular weight is 487 g/mol. The number of para-hydroxylation sites is 2. The van der Waals surface area contributed by atoms with E-state index in [9.17, 15) is 13.2 Å². The van der Waals surface area contributed by atoms with E-state index in [0.29, 0.717) is 28.6 Å². The molecule has 34 heavy (non-hydrogen) atoms. The molecule has 2 N–H and O–H groups in total. The zero-order valence-corrected chi connectivity index (χ0v) is 20.1. The lowest BCUT2D eigenvalue weighted by Gasteiger charge is -2.15. The van der Waals surface area contributed by atoms with Crippen LogP contribution in [0.1, 0.15) is 5.56 Å². The van der Waals surface area contributed by atoms with Crippen molar-refractivity contribution in [1.29, 1.82) is 0 Å². The number of amides is 1. The van der Waals surface area contributed by atoms with Crippen LogP contribution >= 0.6 is 0 Å². The van der Waals surface area contributed by atoms with E-state index in [1.54, 1.807) is 42.5 Å². The number of hydrogen-bond acceptors (Lipinski definition) is 7. The number of benzene rings is 3. The number of methoxy groups -OCH3 is 4.